The fourth-order valence-electron chi connectivity index (χ4n) is 5.28. The van der Waals surface area contributed by atoms with Crippen LogP contribution in [-0.2, 0) is 10.3 Å². The summed E-state index contributed by atoms with van der Waals surface area (Å²) in [5, 5.41) is 37.4. The van der Waals surface area contributed by atoms with Gasteiger partial charge in [-0.2, -0.15) is 10.5 Å². The Kier molecular flexibility index (Phi) is 6.66. The molecule has 0 saturated heterocycles. The van der Waals surface area contributed by atoms with Crippen molar-refractivity contribution in [2.24, 2.45) is 11.1 Å². The van der Waals surface area contributed by atoms with Crippen LogP contribution in [-0.4, -0.2) is 37.4 Å². The molecule has 1 fully saturated rings. The molecule has 214 valence electrons. The number of hydrogen-bond acceptors (Lipinski definition) is 9. The van der Waals surface area contributed by atoms with Gasteiger partial charge in [-0.3, -0.25) is 14.8 Å². The predicted octanol–water partition coefficient (Wildman–Crippen LogP) is 4.75. The number of hydrogen-bond donors (Lipinski definition) is 3. The largest absolute Gasteiger partial charge is 0.383 e. The van der Waals surface area contributed by atoms with Crippen molar-refractivity contribution in [2.75, 3.05) is 17.2 Å². The molecule has 6 rings (SSSR count). The molecular weight excluding hydrogens is 540 g/mol. The molecule has 0 radical (unpaired) electrons. The number of fused-ring (bicyclic) bond motifs is 2. The molecule has 1 atom stereocenters. The van der Waals surface area contributed by atoms with Gasteiger partial charge in [0.15, 0.2) is 0 Å². The molecule has 5 aromatic rings. The molecule has 1 saturated carbocycles. The molecule has 1 unspecified atom stereocenters. The summed E-state index contributed by atoms with van der Waals surface area (Å²) < 4.78 is 1.56. The van der Waals surface area contributed by atoms with Crippen molar-refractivity contribution in [3.05, 3.63) is 83.4 Å². The van der Waals surface area contributed by atoms with Crippen LogP contribution in [0, 0.1) is 28.1 Å². The van der Waals surface area contributed by atoms with E-state index < -0.39 is 17.5 Å². The first kappa shape index (κ1) is 27.6. The number of nitriles is 2. The summed E-state index contributed by atoms with van der Waals surface area (Å²) in [6.07, 6.45) is 6.20. The molecule has 1 aliphatic carbocycles. The van der Waals surface area contributed by atoms with Crippen molar-refractivity contribution in [1.82, 2.24) is 25.0 Å². The molecule has 0 aliphatic heterocycles. The number of primary amides is 1. The molecule has 0 spiro atoms. The van der Waals surface area contributed by atoms with E-state index in [1.807, 2.05) is 36.4 Å². The number of aromatic nitrogens is 5. The maximum absolute atomic E-state index is 12.2. The van der Waals surface area contributed by atoms with E-state index in [1.54, 1.807) is 23.1 Å². The first-order chi connectivity index (χ1) is 20.6. The number of nitrogens with zero attached hydrogens (tertiary/aromatic N) is 7. The van der Waals surface area contributed by atoms with E-state index in [0.717, 1.165) is 16.5 Å². The van der Waals surface area contributed by atoms with Crippen molar-refractivity contribution in [1.29, 1.82) is 10.5 Å². The fourth-order valence-corrected chi connectivity index (χ4v) is 5.28. The van der Waals surface area contributed by atoms with E-state index in [0.29, 0.717) is 58.5 Å². The third-order valence-electron chi connectivity index (χ3n) is 7.74. The lowest BCUT2D eigenvalue weighted by molar-refractivity contribution is -0.122. The van der Waals surface area contributed by atoms with Crippen LogP contribution in [0.5, 0.6) is 0 Å². The van der Waals surface area contributed by atoms with Gasteiger partial charge in [-0.25, -0.2) is 4.68 Å². The van der Waals surface area contributed by atoms with Gasteiger partial charge >= 0.3 is 0 Å². The Labute approximate surface area is 248 Å². The summed E-state index contributed by atoms with van der Waals surface area (Å²) in [7, 11) is 0. The Hall–Kier alpha value is -5.55. The standard InChI is InChI=1S/C32H30N10O/c1-31(2,3)18-38-28-20(15-34)16-37-27-19(14-33)12-21(13-24(27)28)39-29(23-6-4-8-25-22(23)7-5-11-36-25)26-17-42(41-40-26)32(9-10-32)30(35)43/h4-8,11-13,16-17,29,39H,9-10,18H2,1-3H3,(H2,35,43)(H,37,38). The average Bonchev–Trinajstić information content (AvgIpc) is 3.67. The Balaban J connectivity index is 1.51. The lowest BCUT2D eigenvalue weighted by atomic mass is 9.96. The molecule has 11 heteroatoms. The van der Waals surface area contributed by atoms with Crippen LogP contribution < -0.4 is 16.4 Å². The van der Waals surface area contributed by atoms with Crippen molar-refractivity contribution in [3.8, 4) is 12.1 Å². The van der Waals surface area contributed by atoms with Crippen LogP contribution >= 0.6 is 0 Å². The Bertz CT molecular complexity index is 1970. The van der Waals surface area contributed by atoms with Crippen LogP contribution in [0.3, 0.4) is 0 Å². The van der Waals surface area contributed by atoms with E-state index in [9.17, 15) is 15.3 Å². The lowest BCUT2D eigenvalue weighted by Gasteiger charge is -2.23. The summed E-state index contributed by atoms with van der Waals surface area (Å²) in [4.78, 5) is 21.2. The number of nitrogens with two attached hydrogens (primary N) is 1. The van der Waals surface area contributed by atoms with Gasteiger partial charge in [-0.05, 0) is 48.1 Å². The van der Waals surface area contributed by atoms with Gasteiger partial charge in [0.1, 0.15) is 23.4 Å². The highest BCUT2D eigenvalue weighted by Crippen LogP contribution is 2.43. The maximum Gasteiger partial charge on any atom is 0.245 e. The van der Waals surface area contributed by atoms with Crippen LogP contribution in [0.15, 0.2) is 61.1 Å². The number of pyridine rings is 2. The van der Waals surface area contributed by atoms with Gasteiger partial charge in [0, 0.05) is 35.4 Å². The number of anilines is 2. The topological polar surface area (TPSA) is 171 Å². The zero-order valence-electron chi connectivity index (χ0n) is 24.1. The second kappa shape index (κ2) is 10.4. The number of rotatable bonds is 8. The van der Waals surface area contributed by atoms with Gasteiger partial charge in [-0.15, -0.1) is 5.10 Å². The van der Waals surface area contributed by atoms with Gasteiger partial charge in [0.25, 0.3) is 0 Å². The first-order valence-corrected chi connectivity index (χ1v) is 14.0. The number of amides is 1. The number of benzene rings is 2. The predicted molar refractivity (Wildman–Crippen MR) is 163 cm³/mol. The lowest BCUT2D eigenvalue weighted by Crippen LogP contribution is -2.34. The highest BCUT2D eigenvalue weighted by Gasteiger charge is 2.52. The molecule has 4 N–H and O–H groups in total. The minimum atomic E-state index is -0.861. The fraction of sp³-hybridized carbons (Fsp3) is 0.281. The quantitative estimate of drug-likeness (QED) is 0.238. The van der Waals surface area contributed by atoms with Crippen LogP contribution in [0.25, 0.3) is 21.8 Å². The van der Waals surface area contributed by atoms with E-state index in [-0.39, 0.29) is 5.41 Å². The minimum absolute atomic E-state index is 0.0562. The highest BCUT2D eigenvalue weighted by atomic mass is 16.2. The van der Waals surface area contributed by atoms with E-state index in [2.05, 4.69) is 63.8 Å². The molecule has 3 heterocycles. The molecule has 1 amide bonds. The number of carbonyl (C=O) groups excluding carboxylic acids is 1. The number of carbonyl (C=O) groups is 1. The smallest absolute Gasteiger partial charge is 0.245 e. The highest BCUT2D eigenvalue weighted by molar-refractivity contribution is 5.99. The summed E-state index contributed by atoms with van der Waals surface area (Å²) in [6, 6.07) is 17.3. The van der Waals surface area contributed by atoms with Crippen LogP contribution in [0.4, 0.5) is 11.4 Å². The van der Waals surface area contributed by atoms with Crippen molar-refractivity contribution >= 4 is 39.1 Å². The van der Waals surface area contributed by atoms with E-state index >= 15 is 0 Å². The zero-order chi connectivity index (χ0) is 30.4. The summed E-state index contributed by atoms with van der Waals surface area (Å²) in [5.74, 6) is -0.438. The Morgan fingerprint density at radius 3 is 2.58 bits per heavy atom. The molecule has 1 aliphatic rings. The molecule has 43 heavy (non-hydrogen) atoms. The van der Waals surface area contributed by atoms with Crippen molar-refractivity contribution in [3.63, 3.8) is 0 Å². The SMILES string of the molecule is CC(C)(C)CNc1c(C#N)cnc2c(C#N)cc(NC(c3cn(C4(C(N)=O)CC4)nn3)c3cccc4ncccc34)cc12. The molecule has 11 nitrogen and oxygen atoms in total. The second-order valence-corrected chi connectivity index (χ2v) is 12.1. The summed E-state index contributed by atoms with van der Waals surface area (Å²) in [5.41, 5.74) is 9.54. The molecule has 3 aromatic heterocycles. The molecule has 2 aromatic carbocycles. The summed E-state index contributed by atoms with van der Waals surface area (Å²) in [6.45, 7) is 6.91. The van der Waals surface area contributed by atoms with Crippen molar-refractivity contribution < 1.29 is 4.79 Å². The first-order valence-electron chi connectivity index (χ1n) is 14.0. The maximum atomic E-state index is 12.2. The van der Waals surface area contributed by atoms with Gasteiger partial charge in [0.05, 0.1) is 40.1 Å². The third kappa shape index (κ3) is 5.06. The molecular formula is C32H30N10O. The van der Waals surface area contributed by atoms with Crippen LogP contribution in [0.1, 0.15) is 62.0 Å². The van der Waals surface area contributed by atoms with Gasteiger partial charge in [0.2, 0.25) is 5.91 Å². The zero-order valence-corrected chi connectivity index (χ0v) is 24.1. The second-order valence-electron chi connectivity index (χ2n) is 12.1. The van der Waals surface area contributed by atoms with E-state index in [1.165, 1.54) is 6.20 Å². The number of nitrogens with one attached hydrogen (secondary N) is 2. The molecule has 0 bridgehead atoms. The van der Waals surface area contributed by atoms with Gasteiger partial charge in [-0.1, -0.05) is 44.2 Å². The Morgan fingerprint density at radius 2 is 1.88 bits per heavy atom. The minimum Gasteiger partial charge on any atom is -0.383 e. The Morgan fingerprint density at radius 1 is 1.09 bits per heavy atom. The van der Waals surface area contributed by atoms with Crippen LogP contribution in [0.2, 0.25) is 0 Å². The van der Waals surface area contributed by atoms with E-state index in [4.69, 9.17) is 5.73 Å². The third-order valence-corrected chi connectivity index (χ3v) is 7.74. The normalized spacial score (nSPS) is 14.5. The monoisotopic (exact) mass is 570 g/mol. The van der Waals surface area contributed by atoms with Crippen molar-refractivity contribution in [2.45, 2.75) is 45.2 Å². The average molecular weight is 571 g/mol. The van der Waals surface area contributed by atoms with Gasteiger partial charge < -0.3 is 16.4 Å². The summed E-state index contributed by atoms with van der Waals surface area (Å²) >= 11 is 0.